The minimum atomic E-state index is -4.61. The molecule has 7 nitrogen and oxygen atoms in total. The number of hydrogen-bond donors (Lipinski definition) is 3. The Kier molecular flexibility index (Phi) is 5.20. The maximum atomic E-state index is 13.0. The number of anilines is 1. The molecule has 2 atom stereocenters. The normalized spacial score (nSPS) is 20.6. The van der Waals surface area contributed by atoms with Crippen molar-refractivity contribution in [1.82, 2.24) is 14.7 Å². The lowest BCUT2D eigenvalue weighted by molar-refractivity contribution is -0.138. The number of aryl methyl sites for hydroxylation is 1. The van der Waals surface area contributed by atoms with Crippen molar-refractivity contribution in [3.05, 3.63) is 39.9 Å². The van der Waals surface area contributed by atoms with Crippen LogP contribution in [-0.2, 0) is 11.0 Å². The predicted octanol–water partition coefficient (Wildman–Crippen LogP) is 1.46. The van der Waals surface area contributed by atoms with Crippen molar-refractivity contribution in [2.24, 2.45) is 0 Å². The van der Waals surface area contributed by atoms with E-state index in [2.05, 4.69) is 15.6 Å². The summed E-state index contributed by atoms with van der Waals surface area (Å²) in [5, 5.41) is 15.3. The summed E-state index contributed by atoms with van der Waals surface area (Å²) in [6.45, 7) is 2.10. The van der Waals surface area contributed by atoms with E-state index < -0.39 is 35.4 Å². The molecular formula is C17H19F3N4O3. The van der Waals surface area contributed by atoms with Crippen LogP contribution in [0.3, 0.4) is 0 Å². The molecule has 3 rings (SSSR count). The fourth-order valence-electron chi connectivity index (χ4n) is 3.14. The third kappa shape index (κ3) is 4.11. The number of aliphatic hydroxyl groups is 1. The molecule has 0 spiro atoms. The SMILES string of the molecule is Cc1cc(C(F)(F)F)cn2c(=O)c(NC(=O)C[C@H]3NCCC[C@@H]3O)cnc12. The number of aromatic nitrogens is 2. The highest BCUT2D eigenvalue weighted by Crippen LogP contribution is 2.30. The zero-order chi connectivity index (χ0) is 19.8. The van der Waals surface area contributed by atoms with Crippen LogP contribution in [0.2, 0.25) is 0 Å². The minimum Gasteiger partial charge on any atom is -0.391 e. The van der Waals surface area contributed by atoms with Gasteiger partial charge in [0, 0.05) is 18.7 Å². The lowest BCUT2D eigenvalue weighted by Crippen LogP contribution is -2.46. The number of nitrogens with one attached hydrogen (secondary N) is 2. The average Bonchev–Trinajstić information content (AvgIpc) is 2.59. The molecule has 2 aromatic heterocycles. The first kappa shape index (κ1) is 19.3. The van der Waals surface area contributed by atoms with E-state index in [0.717, 1.165) is 23.1 Å². The molecule has 1 saturated heterocycles. The molecule has 10 heteroatoms. The number of nitrogens with zero attached hydrogens (tertiary/aromatic N) is 2. The summed E-state index contributed by atoms with van der Waals surface area (Å²) in [7, 11) is 0. The molecule has 1 amide bonds. The van der Waals surface area contributed by atoms with Crippen LogP contribution in [0.15, 0.2) is 23.3 Å². The molecule has 2 aromatic rings. The summed E-state index contributed by atoms with van der Waals surface area (Å²) >= 11 is 0. The minimum absolute atomic E-state index is 0.0646. The van der Waals surface area contributed by atoms with E-state index in [4.69, 9.17) is 0 Å². The van der Waals surface area contributed by atoms with Crippen LogP contribution in [0.5, 0.6) is 0 Å². The van der Waals surface area contributed by atoms with Crippen LogP contribution in [-0.4, -0.2) is 39.1 Å². The van der Waals surface area contributed by atoms with Crippen molar-refractivity contribution < 1.29 is 23.1 Å². The number of aliphatic hydroxyl groups excluding tert-OH is 1. The first-order valence-corrected chi connectivity index (χ1v) is 8.47. The Morgan fingerprint density at radius 2 is 2.22 bits per heavy atom. The van der Waals surface area contributed by atoms with Crippen molar-refractivity contribution in [1.29, 1.82) is 0 Å². The average molecular weight is 384 g/mol. The summed E-state index contributed by atoms with van der Waals surface area (Å²) in [6, 6.07) is 0.477. The molecule has 1 fully saturated rings. The first-order chi connectivity index (χ1) is 12.7. The number of amides is 1. The van der Waals surface area contributed by atoms with Crippen molar-refractivity contribution >= 4 is 17.2 Å². The Bertz CT molecular complexity index is 926. The third-order valence-corrected chi connectivity index (χ3v) is 4.54. The summed E-state index contributed by atoms with van der Waals surface area (Å²) < 4.78 is 39.8. The van der Waals surface area contributed by atoms with Gasteiger partial charge in [-0.15, -0.1) is 0 Å². The van der Waals surface area contributed by atoms with E-state index in [0.29, 0.717) is 19.2 Å². The fourth-order valence-corrected chi connectivity index (χ4v) is 3.14. The molecule has 1 aliphatic rings. The van der Waals surface area contributed by atoms with Gasteiger partial charge in [0.25, 0.3) is 5.56 Å². The highest BCUT2D eigenvalue weighted by molar-refractivity contribution is 5.90. The Labute approximate surface area is 152 Å². The number of fused-ring (bicyclic) bond motifs is 1. The number of carbonyl (C=O) groups excluding carboxylic acids is 1. The number of hydrogen-bond acceptors (Lipinski definition) is 5. The summed E-state index contributed by atoms with van der Waals surface area (Å²) in [5.74, 6) is -0.531. The van der Waals surface area contributed by atoms with Gasteiger partial charge in [0.15, 0.2) is 0 Å². The molecule has 0 aliphatic carbocycles. The number of pyridine rings is 1. The zero-order valence-corrected chi connectivity index (χ0v) is 14.5. The molecular weight excluding hydrogens is 365 g/mol. The zero-order valence-electron chi connectivity index (χ0n) is 14.5. The molecule has 1 aliphatic heterocycles. The third-order valence-electron chi connectivity index (χ3n) is 4.54. The molecule has 3 heterocycles. The van der Waals surface area contributed by atoms with E-state index >= 15 is 0 Å². The van der Waals surface area contributed by atoms with Gasteiger partial charge in [0.1, 0.15) is 11.3 Å². The van der Waals surface area contributed by atoms with Crippen LogP contribution < -0.4 is 16.2 Å². The predicted molar refractivity (Wildman–Crippen MR) is 91.5 cm³/mol. The van der Waals surface area contributed by atoms with Crippen molar-refractivity contribution in [3.8, 4) is 0 Å². The highest BCUT2D eigenvalue weighted by atomic mass is 19.4. The summed E-state index contributed by atoms with van der Waals surface area (Å²) in [4.78, 5) is 28.7. The van der Waals surface area contributed by atoms with E-state index in [1.165, 1.54) is 6.92 Å². The van der Waals surface area contributed by atoms with E-state index in [1.807, 2.05) is 0 Å². The summed E-state index contributed by atoms with van der Waals surface area (Å²) in [6.07, 6.45) is -2.18. The molecule has 0 saturated carbocycles. The standard InChI is InChI=1S/C17H19F3N4O3/c1-9-5-10(17(18,19)20)8-24-15(9)22-7-12(16(24)27)23-14(26)6-11-13(25)3-2-4-21-11/h5,7-8,11,13,21,25H,2-4,6H2,1H3,(H,23,26)/t11-,13+/m1/s1. The molecule has 146 valence electrons. The number of alkyl halides is 3. The van der Waals surface area contributed by atoms with Crippen LogP contribution in [0.25, 0.3) is 5.65 Å². The lowest BCUT2D eigenvalue weighted by atomic mass is 9.98. The highest BCUT2D eigenvalue weighted by Gasteiger charge is 2.32. The number of halogens is 3. The number of piperidine rings is 1. The van der Waals surface area contributed by atoms with Gasteiger partial charge in [0.2, 0.25) is 5.91 Å². The molecule has 0 radical (unpaired) electrons. The Hall–Kier alpha value is -2.46. The van der Waals surface area contributed by atoms with Gasteiger partial charge in [0.05, 0.1) is 17.9 Å². The maximum absolute atomic E-state index is 13.0. The molecule has 0 bridgehead atoms. The van der Waals surface area contributed by atoms with Gasteiger partial charge in [-0.05, 0) is 37.9 Å². The topological polar surface area (TPSA) is 95.7 Å². The smallest absolute Gasteiger partial charge is 0.391 e. The number of carbonyl (C=O) groups is 1. The van der Waals surface area contributed by atoms with Gasteiger partial charge in [-0.2, -0.15) is 13.2 Å². The Morgan fingerprint density at radius 1 is 1.48 bits per heavy atom. The van der Waals surface area contributed by atoms with Crippen LogP contribution in [0, 0.1) is 6.92 Å². The lowest BCUT2D eigenvalue weighted by Gasteiger charge is -2.28. The monoisotopic (exact) mass is 384 g/mol. The first-order valence-electron chi connectivity index (χ1n) is 8.47. The second kappa shape index (κ2) is 7.28. The fraction of sp³-hybridized carbons (Fsp3) is 0.471. The molecule has 3 N–H and O–H groups in total. The van der Waals surface area contributed by atoms with E-state index in [1.54, 1.807) is 0 Å². The van der Waals surface area contributed by atoms with Gasteiger partial charge in [-0.3, -0.25) is 14.0 Å². The van der Waals surface area contributed by atoms with Gasteiger partial charge in [-0.25, -0.2) is 4.98 Å². The van der Waals surface area contributed by atoms with Gasteiger partial charge >= 0.3 is 6.18 Å². The van der Waals surface area contributed by atoms with Crippen LogP contribution >= 0.6 is 0 Å². The van der Waals surface area contributed by atoms with Gasteiger partial charge < -0.3 is 15.7 Å². The van der Waals surface area contributed by atoms with Crippen LogP contribution in [0.4, 0.5) is 18.9 Å². The maximum Gasteiger partial charge on any atom is 0.417 e. The largest absolute Gasteiger partial charge is 0.417 e. The molecule has 27 heavy (non-hydrogen) atoms. The molecule has 0 unspecified atom stereocenters. The Morgan fingerprint density at radius 3 is 2.89 bits per heavy atom. The van der Waals surface area contributed by atoms with Crippen molar-refractivity contribution in [3.63, 3.8) is 0 Å². The van der Waals surface area contributed by atoms with Crippen molar-refractivity contribution in [2.75, 3.05) is 11.9 Å². The summed E-state index contributed by atoms with van der Waals surface area (Å²) in [5.41, 5.74) is -1.74. The van der Waals surface area contributed by atoms with Gasteiger partial charge in [-0.1, -0.05) is 0 Å². The van der Waals surface area contributed by atoms with Crippen molar-refractivity contribution in [2.45, 2.75) is 44.5 Å². The second-order valence-corrected chi connectivity index (χ2v) is 6.60. The van der Waals surface area contributed by atoms with E-state index in [-0.39, 0.29) is 23.3 Å². The van der Waals surface area contributed by atoms with Crippen LogP contribution in [0.1, 0.15) is 30.4 Å². The van der Waals surface area contributed by atoms with E-state index in [9.17, 15) is 27.9 Å². The number of rotatable bonds is 3. The quantitative estimate of drug-likeness (QED) is 0.745. The molecule has 0 aromatic carbocycles. The second-order valence-electron chi connectivity index (χ2n) is 6.60. The Balaban J connectivity index is 1.88.